The van der Waals surface area contributed by atoms with Crippen molar-refractivity contribution in [2.45, 2.75) is 0 Å². The molecule has 0 spiro atoms. The maximum absolute atomic E-state index is 3.78. The molecular formula is C5H5CrN+6. The number of hydrogen-bond acceptors (Lipinski definition) is 1. The monoisotopic (exact) mass is 131 g/mol. The summed E-state index contributed by atoms with van der Waals surface area (Å²) in [5.74, 6) is 0. The van der Waals surface area contributed by atoms with E-state index in [2.05, 4.69) is 4.98 Å². The van der Waals surface area contributed by atoms with Gasteiger partial charge in [0.2, 0.25) is 0 Å². The molecule has 0 bridgehead atoms. The van der Waals surface area contributed by atoms with Gasteiger partial charge in [0.25, 0.3) is 0 Å². The molecule has 1 aromatic rings. The Hall–Kier alpha value is -0.318. The Morgan fingerprint density at radius 2 is 1.43 bits per heavy atom. The summed E-state index contributed by atoms with van der Waals surface area (Å²) in [4.78, 5) is 3.78. The summed E-state index contributed by atoms with van der Waals surface area (Å²) in [6.07, 6.45) is 3.50. The first-order chi connectivity index (χ1) is 3.00. The van der Waals surface area contributed by atoms with E-state index in [4.69, 9.17) is 0 Å². The van der Waals surface area contributed by atoms with Crippen LogP contribution in [0.15, 0.2) is 30.6 Å². The van der Waals surface area contributed by atoms with E-state index in [1.165, 1.54) is 0 Å². The summed E-state index contributed by atoms with van der Waals surface area (Å²) < 4.78 is 0. The van der Waals surface area contributed by atoms with Crippen molar-refractivity contribution in [2.24, 2.45) is 0 Å². The van der Waals surface area contributed by atoms with Gasteiger partial charge >= 0.3 is 17.4 Å². The molecule has 30 valence electrons. The summed E-state index contributed by atoms with van der Waals surface area (Å²) >= 11 is 0. The van der Waals surface area contributed by atoms with Crippen LogP contribution in [-0.4, -0.2) is 4.98 Å². The van der Waals surface area contributed by atoms with Crippen molar-refractivity contribution < 1.29 is 17.4 Å². The zero-order chi connectivity index (χ0) is 4.24. The van der Waals surface area contributed by atoms with Crippen molar-refractivity contribution in [1.29, 1.82) is 0 Å². The minimum Gasteiger partial charge on any atom is -0.265 e. The molecule has 1 heterocycles. The minimum absolute atomic E-state index is 0. The zero-order valence-electron chi connectivity index (χ0n) is 3.74. The molecule has 1 aromatic heterocycles. The topological polar surface area (TPSA) is 12.9 Å². The molecule has 1 nitrogen and oxygen atoms in total. The van der Waals surface area contributed by atoms with Gasteiger partial charge in [-0.25, -0.2) is 0 Å². The second kappa shape index (κ2) is 3.86. The van der Waals surface area contributed by atoms with Crippen LogP contribution in [0.4, 0.5) is 0 Å². The standard InChI is InChI=1S/C5H5N.Cr/c1-2-4-6-5-3-1;/h1-5H;/q;+6. The molecule has 1 rings (SSSR count). The number of hydrogen-bond donors (Lipinski definition) is 0. The second-order valence-corrected chi connectivity index (χ2v) is 1.02. The van der Waals surface area contributed by atoms with Gasteiger partial charge in [-0.05, 0) is 12.1 Å². The van der Waals surface area contributed by atoms with Crippen LogP contribution in [0, 0.1) is 0 Å². The fourth-order valence-corrected chi connectivity index (χ4v) is 0.313. The minimum atomic E-state index is 0. The van der Waals surface area contributed by atoms with E-state index >= 15 is 0 Å². The van der Waals surface area contributed by atoms with Crippen molar-refractivity contribution >= 4 is 0 Å². The number of rotatable bonds is 0. The molecular weight excluding hydrogens is 126 g/mol. The Balaban J connectivity index is 0.000000360. The number of nitrogens with zero attached hydrogens (tertiary/aromatic N) is 1. The Kier molecular flexibility index (Phi) is 3.68. The van der Waals surface area contributed by atoms with Gasteiger partial charge < -0.3 is 0 Å². The summed E-state index contributed by atoms with van der Waals surface area (Å²) in [6, 6.07) is 5.72. The Morgan fingerprint density at radius 3 is 1.57 bits per heavy atom. The molecule has 0 amide bonds. The first-order valence-electron chi connectivity index (χ1n) is 1.85. The van der Waals surface area contributed by atoms with Gasteiger partial charge in [0, 0.05) is 12.4 Å². The maximum Gasteiger partial charge on any atom is 6.00 e. The van der Waals surface area contributed by atoms with Crippen LogP contribution in [0.25, 0.3) is 0 Å². The van der Waals surface area contributed by atoms with E-state index in [1.54, 1.807) is 12.4 Å². The smallest absolute Gasteiger partial charge is 0.265 e. The van der Waals surface area contributed by atoms with Crippen LogP contribution in [0.3, 0.4) is 0 Å². The molecule has 0 N–H and O–H groups in total. The molecule has 2 heteroatoms. The molecule has 0 unspecified atom stereocenters. The largest absolute Gasteiger partial charge is 6.00 e. The van der Waals surface area contributed by atoms with E-state index < -0.39 is 0 Å². The second-order valence-electron chi connectivity index (χ2n) is 1.02. The molecule has 0 aliphatic rings. The third kappa shape index (κ3) is 2.39. The van der Waals surface area contributed by atoms with Crippen LogP contribution in [0.5, 0.6) is 0 Å². The van der Waals surface area contributed by atoms with Crippen LogP contribution < -0.4 is 0 Å². The van der Waals surface area contributed by atoms with Gasteiger partial charge in [0.1, 0.15) is 0 Å². The molecule has 0 radical (unpaired) electrons. The molecule has 0 aliphatic heterocycles. The van der Waals surface area contributed by atoms with Crippen molar-refractivity contribution in [2.75, 3.05) is 0 Å². The van der Waals surface area contributed by atoms with Gasteiger partial charge in [0.15, 0.2) is 0 Å². The van der Waals surface area contributed by atoms with Gasteiger partial charge in [-0.2, -0.15) is 0 Å². The fraction of sp³-hybridized carbons (Fsp3) is 0. The predicted molar refractivity (Wildman–Crippen MR) is 24.2 cm³/mol. The normalized spacial score (nSPS) is 6.86. The van der Waals surface area contributed by atoms with Crippen LogP contribution in [0.2, 0.25) is 0 Å². The van der Waals surface area contributed by atoms with Gasteiger partial charge in [0.05, 0.1) is 0 Å². The predicted octanol–water partition coefficient (Wildman–Crippen LogP) is 1.08. The van der Waals surface area contributed by atoms with Crippen molar-refractivity contribution in [3.05, 3.63) is 30.6 Å². The van der Waals surface area contributed by atoms with Crippen LogP contribution in [-0.2, 0) is 17.4 Å². The Labute approximate surface area is 53.5 Å². The Bertz CT molecular complexity index is 80.0. The van der Waals surface area contributed by atoms with E-state index in [1.807, 2.05) is 18.2 Å². The van der Waals surface area contributed by atoms with E-state index in [0.717, 1.165) is 0 Å². The number of pyridine rings is 1. The van der Waals surface area contributed by atoms with Gasteiger partial charge in [-0.15, -0.1) is 0 Å². The molecule has 0 saturated carbocycles. The van der Waals surface area contributed by atoms with E-state index in [0.29, 0.717) is 0 Å². The quantitative estimate of drug-likeness (QED) is 0.513. The summed E-state index contributed by atoms with van der Waals surface area (Å²) in [5, 5.41) is 0. The van der Waals surface area contributed by atoms with Crippen molar-refractivity contribution in [1.82, 2.24) is 4.98 Å². The maximum atomic E-state index is 3.78. The molecule has 0 aliphatic carbocycles. The average molecular weight is 131 g/mol. The summed E-state index contributed by atoms with van der Waals surface area (Å²) in [5.41, 5.74) is 0. The third-order valence-corrected chi connectivity index (χ3v) is 0.566. The fourth-order valence-electron chi connectivity index (χ4n) is 0.313. The third-order valence-electron chi connectivity index (χ3n) is 0.566. The molecule has 0 aromatic carbocycles. The molecule has 7 heavy (non-hydrogen) atoms. The Morgan fingerprint density at radius 1 is 0.857 bits per heavy atom. The van der Waals surface area contributed by atoms with Crippen LogP contribution in [0.1, 0.15) is 0 Å². The number of aromatic nitrogens is 1. The van der Waals surface area contributed by atoms with E-state index in [9.17, 15) is 0 Å². The van der Waals surface area contributed by atoms with Gasteiger partial charge in [-0.3, -0.25) is 4.98 Å². The average Bonchev–Trinajstić information content (AvgIpc) is 1.72. The molecule has 0 atom stereocenters. The SMILES string of the molecule is [Cr+6].c1ccncc1. The summed E-state index contributed by atoms with van der Waals surface area (Å²) in [7, 11) is 0. The summed E-state index contributed by atoms with van der Waals surface area (Å²) in [6.45, 7) is 0. The molecule has 0 fully saturated rings. The van der Waals surface area contributed by atoms with Gasteiger partial charge in [-0.1, -0.05) is 6.07 Å². The first-order valence-corrected chi connectivity index (χ1v) is 1.85. The van der Waals surface area contributed by atoms with Crippen molar-refractivity contribution in [3.63, 3.8) is 0 Å². The van der Waals surface area contributed by atoms with Crippen molar-refractivity contribution in [3.8, 4) is 0 Å². The zero-order valence-corrected chi connectivity index (χ0v) is 5.02. The van der Waals surface area contributed by atoms with Crippen LogP contribution >= 0.6 is 0 Å². The molecule has 0 saturated heterocycles. The first kappa shape index (κ1) is 6.68. The van der Waals surface area contributed by atoms with E-state index in [-0.39, 0.29) is 17.4 Å².